The van der Waals surface area contributed by atoms with E-state index >= 15 is 0 Å². The van der Waals surface area contributed by atoms with Crippen molar-refractivity contribution < 1.29 is 13.2 Å². The van der Waals surface area contributed by atoms with Crippen LogP contribution in [0.1, 0.15) is 0 Å². The lowest BCUT2D eigenvalue weighted by Gasteiger charge is -2.04. The first-order valence-corrected chi connectivity index (χ1v) is 4.96. The van der Waals surface area contributed by atoms with Gasteiger partial charge >= 0.3 is 0 Å². The number of halogens is 3. The molecule has 0 aliphatic rings. The Morgan fingerprint density at radius 3 is 2.47 bits per heavy atom. The largest absolute Gasteiger partial charge is 0.206 e. The molecule has 0 fully saturated rings. The van der Waals surface area contributed by atoms with E-state index in [0.717, 1.165) is 0 Å². The maximum atomic E-state index is 13.5. The maximum Gasteiger partial charge on any atom is 0.167 e. The van der Waals surface area contributed by atoms with Crippen LogP contribution in [0.25, 0.3) is 21.5 Å². The second kappa shape index (κ2) is 3.48. The number of hydrogen-bond acceptors (Lipinski definition) is 0. The Bertz CT molecular complexity index is 732. The van der Waals surface area contributed by atoms with Crippen molar-refractivity contribution in [2.45, 2.75) is 0 Å². The lowest BCUT2D eigenvalue weighted by molar-refractivity contribution is 0.515. The minimum absolute atomic E-state index is 0.0484. The van der Waals surface area contributed by atoms with E-state index in [-0.39, 0.29) is 10.8 Å². The maximum absolute atomic E-state index is 13.5. The van der Waals surface area contributed by atoms with Crippen LogP contribution in [0.4, 0.5) is 13.2 Å². The molecule has 17 heavy (non-hydrogen) atoms. The van der Waals surface area contributed by atoms with Crippen molar-refractivity contribution in [2.24, 2.45) is 0 Å². The first-order chi connectivity index (χ1) is 8.16. The third-order valence-corrected chi connectivity index (χ3v) is 2.71. The standard InChI is InChI=1S/C14H5F3/c15-12-3-1-2-8-6-9-4-5-13(16)14(17)11(9)7-10(8)12/h1-2,4,6-7H. The van der Waals surface area contributed by atoms with Gasteiger partial charge in [-0.3, -0.25) is 0 Å². The van der Waals surface area contributed by atoms with Gasteiger partial charge in [0.15, 0.2) is 11.6 Å². The molecule has 0 N–H and O–H groups in total. The molecule has 0 unspecified atom stereocenters. The van der Waals surface area contributed by atoms with Crippen LogP contribution >= 0.6 is 0 Å². The third kappa shape index (κ3) is 1.46. The number of fused-ring (bicyclic) bond motifs is 2. The van der Waals surface area contributed by atoms with Crippen LogP contribution in [0.15, 0.2) is 30.3 Å². The summed E-state index contributed by atoms with van der Waals surface area (Å²) in [5, 5.41) is 1.38. The minimum Gasteiger partial charge on any atom is -0.206 e. The molecule has 0 atom stereocenters. The molecule has 0 nitrogen and oxygen atoms in total. The average molecular weight is 230 g/mol. The quantitative estimate of drug-likeness (QED) is 0.512. The third-order valence-electron chi connectivity index (χ3n) is 2.71. The number of benzene rings is 3. The summed E-state index contributed by atoms with van der Waals surface area (Å²) in [7, 11) is 0. The predicted octanol–water partition coefficient (Wildman–Crippen LogP) is 4.01. The van der Waals surface area contributed by atoms with Crippen LogP contribution in [-0.4, -0.2) is 0 Å². The average Bonchev–Trinajstić information content (AvgIpc) is 2.33. The summed E-state index contributed by atoms with van der Waals surface area (Å²) in [4.78, 5) is 0. The summed E-state index contributed by atoms with van der Waals surface area (Å²) < 4.78 is 40.0. The fourth-order valence-corrected chi connectivity index (χ4v) is 1.88. The highest BCUT2D eigenvalue weighted by Gasteiger charge is 2.09. The van der Waals surface area contributed by atoms with E-state index in [9.17, 15) is 13.2 Å². The van der Waals surface area contributed by atoms with Gasteiger partial charge in [-0.1, -0.05) is 12.1 Å². The fraction of sp³-hybridized carbons (Fsp3) is 0. The van der Waals surface area contributed by atoms with E-state index in [0.29, 0.717) is 10.8 Å². The highest BCUT2D eigenvalue weighted by Crippen LogP contribution is 2.27. The summed E-state index contributed by atoms with van der Waals surface area (Å²) in [6, 6.07) is 11.9. The van der Waals surface area contributed by atoms with Crippen molar-refractivity contribution in [2.75, 3.05) is 0 Å². The molecule has 0 amide bonds. The van der Waals surface area contributed by atoms with Gasteiger partial charge in [-0.2, -0.15) is 0 Å². The van der Waals surface area contributed by atoms with Gasteiger partial charge in [-0.05, 0) is 29.0 Å². The molecule has 0 aliphatic carbocycles. The van der Waals surface area contributed by atoms with Gasteiger partial charge in [0.25, 0.3) is 0 Å². The van der Waals surface area contributed by atoms with Gasteiger partial charge in [-0.25, -0.2) is 13.2 Å². The highest BCUT2D eigenvalue weighted by atomic mass is 19.2. The van der Waals surface area contributed by atoms with Gasteiger partial charge in [0.05, 0.1) is 0 Å². The van der Waals surface area contributed by atoms with Crippen LogP contribution in [0.3, 0.4) is 0 Å². The van der Waals surface area contributed by atoms with Gasteiger partial charge < -0.3 is 0 Å². The fourth-order valence-electron chi connectivity index (χ4n) is 1.88. The summed E-state index contributed by atoms with van der Waals surface area (Å²) in [6.45, 7) is 0. The smallest absolute Gasteiger partial charge is 0.167 e. The van der Waals surface area contributed by atoms with Crippen LogP contribution in [0, 0.1) is 29.6 Å². The molecule has 0 aromatic heterocycles. The van der Waals surface area contributed by atoms with Gasteiger partial charge in [-0.15, -0.1) is 0 Å². The summed E-state index contributed by atoms with van der Waals surface area (Å²) in [5.74, 6) is -2.64. The molecule has 3 aromatic rings. The second-order valence-electron chi connectivity index (χ2n) is 3.74. The molecule has 0 saturated carbocycles. The summed E-state index contributed by atoms with van der Waals surface area (Å²) >= 11 is 0. The molecule has 82 valence electrons. The number of hydrogen-bond donors (Lipinski definition) is 0. The zero-order chi connectivity index (χ0) is 12.0. The van der Waals surface area contributed by atoms with E-state index in [4.69, 9.17) is 0 Å². The summed E-state index contributed by atoms with van der Waals surface area (Å²) in [6.07, 6.45) is 0. The van der Waals surface area contributed by atoms with Crippen molar-refractivity contribution in [1.29, 1.82) is 0 Å². The van der Waals surface area contributed by atoms with Gasteiger partial charge in [0.1, 0.15) is 5.82 Å². The zero-order valence-electron chi connectivity index (χ0n) is 8.52. The Hall–Kier alpha value is -2.03. The lowest BCUT2D eigenvalue weighted by atomic mass is 10.0. The first kappa shape index (κ1) is 10.1. The van der Waals surface area contributed by atoms with Crippen LogP contribution < -0.4 is 0 Å². The molecule has 0 bridgehead atoms. The Kier molecular flexibility index (Phi) is 2.08. The zero-order valence-corrected chi connectivity index (χ0v) is 8.52. The van der Waals surface area contributed by atoms with Crippen molar-refractivity contribution in [1.82, 2.24) is 0 Å². The second-order valence-corrected chi connectivity index (χ2v) is 3.74. The Balaban J connectivity index is 2.53. The molecular weight excluding hydrogens is 225 g/mol. The predicted molar refractivity (Wildman–Crippen MR) is 59.0 cm³/mol. The van der Waals surface area contributed by atoms with Crippen LogP contribution in [0.2, 0.25) is 0 Å². The molecule has 3 heteroatoms. The van der Waals surface area contributed by atoms with Crippen LogP contribution in [-0.2, 0) is 0 Å². The van der Waals surface area contributed by atoms with Crippen molar-refractivity contribution in [3.63, 3.8) is 0 Å². The molecule has 0 saturated heterocycles. The molecule has 0 spiro atoms. The minimum atomic E-state index is -1.06. The molecule has 0 aliphatic heterocycles. The molecule has 3 aromatic carbocycles. The topological polar surface area (TPSA) is 0 Å². The Labute approximate surface area is 95.3 Å². The molecule has 0 heterocycles. The van der Waals surface area contributed by atoms with Crippen molar-refractivity contribution >= 4 is 21.5 Å². The molecule has 3 rings (SSSR count). The SMILES string of the molecule is Fc1[c]cc2cc3cc[c]c(F)c3cc2c1F. The molecule has 2 radical (unpaired) electrons. The van der Waals surface area contributed by atoms with E-state index in [1.165, 1.54) is 18.2 Å². The van der Waals surface area contributed by atoms with E-state index in [1.807, 2.05) is 0 Å². The monoisotopic (exact) mass is 230 g/mol. The Morgan fingerprint density at radius 2 is 1.65 bits per heavy atom. The van der Waals surface area contributed by atoms with Crippen LogP contribution in [0.5, 0.6) is 0 Å². The molecular formula is C14H5F3. The Morgan fingerprint density at radius 1 is 0.824 bits per heavy atom. The summed E-state index contributed by atoms with van der Waals surface area (Å²) in [5.41, 5.74) is 0. The van der Waals surface area contributed by atoms with Gasteiger partial charge in [0.2, 0.25) is 0 Å². The number of rotatable bonds is 0. The first-order valence-electron chi connectivity index (χ1n) is 4.96. The highest BCUT2D eigenvalue weighted by molar-refractivity contribution is 5.98. The lowest BCUT2D eigenvalue weighted by Crippen LogP contribution is -1.88. The van der Waals surface area contributed by atoms with E-state index in [2.05, 4.69) is 12.1 Å². The van der Waals surface area contributed by atoms with Crippen molar-refractivity contribution in [3.05, 3.63) is 59.9 Å². The van der Waals surface area contributed by atoms with Crippen molar-refractivity contribution in [3.8, 4) is 0 Å². The van der Waals surface area contributed by atoms with E-state index in [1.54, 1.807) is 12.1 Å². The normalized spacial score (nSPS) is 11.2. The van der Waals surface area contributed by atoms with Gasteiger partial charge in [0, 0.05) is 22.9 Å². The van der Waals surface area contributed by atoms with E-state index < -0.39 is 17.5 Å².